The highest BCUT2D eigenvalue weighted by Gasteiger charge is 2.34. The standard InChI is InChI=1S/C13H25N/c1-3-5-11-8-9-12-10(2)6-4-7-13(12)14-11/h10-14H,3-9H2,1-2H3/t10-,11+,12+,13-/m1/s1. The first-order chi connectivity index (χ1) is 6.81. The van der Waals surface area contributed by atoms with E-state index in [9.17, 15) is 0 Å². The van der Waals surface area contributed by atoms with Crippen LogP contribution in [0.5, 0.6) is 0 Å². The first-order valence-electron chi connectivity index (χ1n) is 6.57. The zero-order chi connectivity index (χ0) is 9.97. The van der Waals surface area contributed by atoms with Gasteiger partial charge in [-0.05, 0) is 37.5 Å². The SMILES string of the molecule is CCC[C@H]1CC[C@H]2[C@H](C)CCC[C@H]2N1. The topological polar surface area (TPSA) is 12.0 Å². The second kappa shape index (κ2) is 4.65. The Kier molecular flexibility index (Phi) is 3.48. The van der Waals surface area contributed by atoms with Gasteiger partial charge in [0.25, 0.3) is 0 Å². The maximum absolute atomic E-state index is 3.89. The largest absolute Gasteiger partial charge is 0.311 e. The smallest absolute Gasteiger partial charge is 0.0100 e. The van der Waals surface area contributed by atoms with E-state index in [1.54, 1.807) is 0 Å². The Morgan fingerprint density at radius 2 is 2.00 bits per heavy atom. The number of piperidine rings is 1. The van der Waals surface area contributed by atoms with Crippen LogP contribution in [-0.4, -0.2) is 12.1 Å². The molecule has 1 aliphatic carbocycles. The molecular weight excluding hydrogens is 170 g/mol. The highest BCUT2D eigenvalue weighted by molar-refractivity contribution is 4.91. The van der Waals surface area contributed by atoms with Crippen LogP contribution >= 0.6 is 0 Å². The van der Waals surface area contributed by atoms with E-state index in [0.717, 1.165) is 23.9 Å². The molecule has 1 saturated heterocycles. The molecule has 1 nitrogen and oxygen atoms in total. The van der Waals surface area contributed by atoms with Gasteiger partial charge in [0.1, 0.15) is 0 Å². The summed E-state index contributed by atoms with van der Waals surface area (Å²) in [6.07, 6.45) is 10.0. The van der Waals surface area contributed by atoms with Crippen LogP contribution in [0.2, 0.25) is 0 Å². The van der Waals surface area contributed by atoms with Crippen molar-refractivity contribution in [1.29, 1.82) is 0 Å². The van der Waals surface area contributed by atoms with Crippen LogP contribution in [0.25, 0.3) is 0 Å². The lowest BCUT2D eigenvalue weighted by Crippen LogP contribution is -2.50. The van der Waals surface area contributed by atoms with E-state index in [0.29, 0.717) is 0 Å². The number of fused-ring (bicyclic) bond motifs is 1. The van der Waals surface area contributed by atoms with Gasteiger partial charge in [-0.3, -0.25) is 0 Å². The highest BCUT2D eigenvalue weighted by Crippen LogP contribution is 2.36. The van der Waals surface area contributed by atoms with Crippen molar-refractivity contribution in [3.05, 3.63) is 0 Å². The van der Waals surface area contributed by atoms with Crippen molar-refractivity contribution in [3.8, 4) is 0 Å². The summed E-state index contributed by atoms with van der Waals surface area (Å²) in [5, 5.41) is 3.89. The maximum Gasteiger partial charge on any atom is 0.0100 e. The van der Waals surface area contributed by atoms with Gasteiger partial charge in [0.15, 0.2) is 0 Å². The molecule has 1 N–H and O–H groups in total. The quantitative estimate of drug-likeness (QED) is 0.712. The molecule has 2 fully saturated rings. The molecular formula is C13H25N. The summed E-state index contributed by atoms with van der Waals surface area (Å²) < 4.78 is 0. The van der Waals surface area contributed by atoms with Gasteiger partial charge in [0.2, 0.25) is 0 Å². The number of nitrogens with one attached hydrogen (secondary N) is 1. The molecule has 0 bridgehead atoms. The fraction of sp³-hybridized carbons (Fsp3) is 1.00. The second-order valence-corrected chi connectivity index (χ2v) is 5.41. The van der Waals surface area contributed by atoms with Crippen LogP contribution in [0.4, 0.5) is 0 Å². The predicted octanol–water partition coefficient (Wildman–Crippen LogP) is 3.34. The predicted molar refractivity (Wildman–Crippen MR) is 61.4 cm³/mol. The molecule has 1 aliphatic heterocycles. The van der Waals surface area contributed by atoms with Gasteiger partial charge in [-0.25, -0.2) is 0 Å². The van der Waals surface area contributed by atoms with Crippen molar-refractivity contribution in [2.24, 2.45) is 11.8 Å². The molecule has 1 heteroatoms. The molecule has 4 atom stereocenters. The van der Waals surface area contributed by atoms with Crippen molar-refractivity contribution in [2.45, 2.75) is 70.9 Å². The molecule has 0 unspecified atom stereocenters. The summed E-state index contributed by atoms with van der Waals surface area (Å²) in [5.74, 6) is 1.97. The lowest BCUT2D eigenvalue weighted by molar-refractivity contribution is 0.122. The van der Waals surface area contributed by atoms with Crippen molar-refractivity contribution in [3.63, 3.8) is 0 Å². The van der Waals surface area contributed by atoms with Crippen LogP contribution in [0.1, 0.15) is 58.8 Å². The minimum atomic E-state index is 0.839. The second-order valence-electron chi connectivity index (χ2n) is 5.41. The molecule has 14 heavy (non-hydrogen) atoms. The molecule has 2 rings (SSSR count). The third kappa shape index (κ3) is 2.13. The molecule has 0 amide bonds. The molecule has 0 aromatic heterocycles. The lowest BCUT2D eigenvalue weighted by Gasteiger charge is -2.44. The van der Waals surface area contributed by atoms with E-state index in [1.807, 2.05) is 0 Å². The minimum Gasteiger partial charge on any atom is -0.311 e. The minimum absolute atomic E-state index is 0.839. The van der Waals surface area contributed by atoms with Gasteiger partial charge in [-0.15, -0.1) is 0 Å². The normalized spacial score (nSPS) is 43.3. The summed E-state index contributed by atoms with van der Waals surface area (Å²) in [7, 11) is 0. The molecule has 0 aromatic rings. The third-order valence-electron chi connectivity index (χ3n) is 4.36. The van der Waals surface area contributed by atoms with Gasteiger partial charge in [-0.1, -0.05) is 33.1 Å². The maximum atomic E-state index is 3.89. The molecule has 2 aliphatic rings. The van der Waals surface area contributed by atoms with Crippen LogP contribution in [0.15, 0.2) is 0 Å². The fourth-order valence-corrected chi connectivity index (χ4v) is 3.53. The molecule has 1 saturated carbocycles. The van der Waals surface area contributed by atoms with E-state index in [4.69, 9.17) is 0 Å². The van der Waals surface area contributed by atoms with Gasteiger partial charge in [0.05, 0.1) is 0 Å². The van der Waals surface area contributed by atoms with Crippen molar-refractivity contribution < 1.29 is 0 Å². The van der Waals surface area contributed by atoms with Gasteiger partial charge >= 0.3 is 0 Å². The Balaban J connectivity index is 1.89. The average Bonchev–Trinajstić information content (AvgIpc) is 2.18. The van der Waals surface area contributed by atoms with E-state index in [2.05, 4.69) is 19.2 Å². The van der Waals surface area contributed by atoms with E-state index < -0.39 is 0 Å². The summed E-state index contributed by atoms with van der Waals surface area (Å²) in [6, 6.07) is 1.70. The van der Waals surface area contributed by atoms with Gasteiger partial charge in [0, 0.05) is 12.1 Å². The Morgan fingerprint density at radius 3 is 2.79 bits per heavy atom. The molecule has 0 radical (unpaired) electrons. The van der Waals surface area contributed by atoms with Gasteiger partial charge in [-0.2, -0.15) is 0 Å². The summed E-state index contributed by atoms with van der Waals surface area (Å²) >= 11 is 0. The Morgan fingerprint density at radius 1 is 1.14 bits per heavy atom. The Hall–Kier alpha value is -0.0400. The van der Waals surface area contributed by atoms with Crippen molar-refractivity contribution >= 4 is 0 Å². The van der Waals surface area contributed by atoms with Crippen molar-refractivity contribution in [2.75, 3.05) is 0 Å². The highest BCUT2D eigenvalue weighted by atomic mass is 15.0. The van der Waals surface area contributed by atoms with E-state index in [-0.39, 0.29) is 0 Å². The summed E-state index contributed by atoms with van der Waals surface area (Å²) in [4.78, 5) is 0. The van der Waals surface area contributed by atoms with Crippen LogP contribution in [0.3, 0.4) is 0 Å². The summed E-state index contributed by atoms with van der Waals surface area (Å²) in [5.41, 5.74) is 0. The zero-order valence-corrected chi connectivity index (χ0v) is 9.76. The number of hydrogen-bond donors (Lipinski definition) is 1. The lowest BCUT2D eigenvalue weighted by atomic mass is 9.71. The molecule has 0 spiro atoms. The summed E-state index contributed by atoms with van der Waals surface area (Å²) in [6.45, 7) is 4.76. The van der Waals surface area contributed by atoms with Crippen LogP contribution < -0.4 is 5.32 Å². The molecule has 1 heterocycles. The number of hydrogen-bond acceptors (Lipinski definition) is 1. The molecule has 0 aromatic carbocycles. The monoisotopic (exact) mass is 195 g/mol. The Labute approximate surface area is 88.7 Å². The fourth-order valence-electron chi connectivity index (χ4n) is 3.53. The average molecular weight is 195 g/mol. The zero-order valence-electron chi connectivity index (χ0n) is 9.76. The first kappa shape index (κ1) is 10.5. The first-order valence-corrected chi connectivity index (χ1v) is 6.57. The molecule has 82 valence electrons. The third-order valence-corrected chi connectivity index (χ3v) is 4.36. The van der Waals surface area contributed by atoms with Crippen LogP contribution in [0, 0.1) is 11.8 Å². The van der Waals surface area contributed by atoms with Gasteiger partial charge < -0.3 is 5.32 Å². The van der Waals surface area contributed by atoms with E-state index in [1.165, 1.54) is 44.9 Å². The number of rotatable bonds is 2. The van der Waals surface area contributed by atoms with E-state index >= 15 is 0 Å². The Bertz CT molecular complexity index is 178. The van der Waals surface area contributed by atoms with Crippen LogP contribution in [-0.2, 0) is 0 Å². The van der Waals surface area contributed by atoms with Crippen molar-refractivity contribution in [1.82, 2.24) is 5.32 Å².